The van der Waals surface area contributed by atoms with E-state index in [1.54, 1.807) is 23.2 Å². The van der Waals surface area contributed by atoms with Crippen molar-refractivity contribution in [1.29, 1.82) is 0 Å². The van der Waals surface area contributed by atoms with Gasteiger partial charge in [-0.15, -0.1) is 0 Å². The minimum absolute atomic E-state index is 0.0519. The number of likely N-dealkylation sites (tertiary alicyclic amines) is 1. The molecule has 1 atom stereocenters. The number of hydrogen-bond donors (Lipinski definition) is 1. The molecule has 0 aromatic carbocycles. The summed E-state index contributed by atoms with van der Waals surface area (Å²) in [6.45, 7) is 7.34. The first-order valence-corrected chi connectivity index (χ1v) is 12.1. The van der Waals surface area contributed by atoms with Crippen LogP contribution in [0.4, 0.5) is 4.79 Å². The van der Waals surface area contributed by atoms with Crippen LogP contribution in [0.25, 0.3) is 0 Å². The molecular weight excluding hydrogens is 434 g/mol. The maximum atomic E-state index is 13.7. The zero-order chi connectivity index (χ0) is 24.3. The highest BCUT2D eigenvalue weighted by molar-refractivity contribution is 6.07. The molecule has 34 heavy (non-hydrogen) atoms. The first-order chi connectivity index (χ1) is 16.3. The third-order valence-electron chi connectivity index (χ3n) is 6.97. The SMILES string of the molecule is CCc1cc(C(=O)N2CCC(C3(CCC(C)C)NC(=O)N(Cc4ccccn4)C3=O)CC2)no1. The number of hydrogen-bond acceptors (Lipinski definition) is 6. The molecule has 2 fully saturated rings. The fourth-order valence-corrected chi connectivity index (χ4v) is 4.93. The number of aromatic nitrogens is 2. The number of nitrogens with zero attached hydrogens (tertiary/aromatic N) is 4. The molecule has 0 saturated carbocycles. The highest BCUT2D eigenvalue weighted by Crippen LogP contribution is 2.38. The lowest BCUT2D eigenvalue weighted by Crippen LogP contribution is -2.56. The van der Waals surface area contributed by atoms with Gasteiger partial charge in [0.05, 0.1) is 12.2 Å². The van der Waals surface area contributed by atoms with Gasteiger partial charge in [0, 0.05) is 31.8 Å². The summed E-state index contributed by atoms with van der Waals surface area (Å²) in [7, 11) is 0. The van der Waals surface area contributed by atoms with Gasteiger partial charge in [0.1, 0.15) is 11.3 Å². The van der Waals surface area contributed by atoms with Gasteiger partial charge in [-0.2, -0.15) is 0 Å². The van der Waals surface area contributed by atoms with Crippen LogP contribution in [-0.4, -0.2) is 56.4 Å². The molecule has 4 amide bonds. The average Bonchev–Trinajstić information content (AvgIpc) is 3.42. The van der Waals surface area contributed by atoms with Gasteiger partial charge in [-0.3, -0.25) is 19.5 Å². The van der Waals surface area contributed by atoms with Gasteiger partial charge in [-0.1, -0.05) is 32.0 Å². The number of carbonyl (C=O) groups excluding carboxylic acids is 3. The molecule has 4 heterocycles. The van der Waals surface area contributed by atoms with Crippen LogP contribution in [0.5, 0.6) is 0 Å². The highest BCUT2D eigenvalue weighted by Gasteiger charge is 2.55. The molecule has 2 aromatic rings. The normalized spacial score (nSPS) is 21.4. The van der Waals surface area contributed by atoms with Crippen LogP contribution in [0.2, 0.25) is 0 Å². The predicted octanol–water partition coefficient (Wildman–Crippen LogP) is 3.41. The molecule has 0 spiro atoms. The Balaban J connectivity index is 1.49. The molecule has 1 N–H and O–H groups in total. The second-order valence-electron chi connectivity index (χ2n) is 9.64. The quantitative estimate of drug-likeness (QED) is 0.596. The largest absolute Gasteiger partial charge is 0.361 e. The number of urea groups is 1. The zero-order valence-corrected chi connectivity index (χ0v) is 20.1. The van der Waals surface area contributed by atoms with Crippen LogP contribution < -0.4 is 5.32 Å². The number of pyridine rings is 1. The summed E-state index contributed by atoms with van der Waals surface area (Å²) >= 11 is 0. The minimum atomic E-state index is -0.950. The van der Waals surface area contributed by atoms with Crippen molar-refractivity contribution in [2.75, 3.05) is 13.1 Å². The van der Waals surface area contributed by atoms with Crippen LogP contribution in [0.1, 0.15) is 68.4 Å². The highest BCUT2D eigenvalue weighted by atomic mass is 16.5. The van der Waals surface area contributed by atoms with Crippen molar-refractivity contribution in [2.24, 2.45) is 11.8 Å². The molecule has 9 nitrogen and oxygen atoms in total. The predicted molar refractivity (Wildman–Crippen MR) is 125 cm³/mol. The van der Waals surface area contributed by atoms with Gasteiger partial charge in [-0.25, -0.2) is 4.79 Å². The molecule has 9 heteroatoms. The summed E-state index contributed by atoms with van der Waals surface area (Å²) in [4.78, 5) is 46.9. The van der Waals surface area contributed by atoms with Gasteiger partial charge >= 0.3 is 6.03 Å². The summed E-state index contributed by atoms with van der Waals surface area (Å²) in [5.74, 6) is 0.685. The fourth-order valence-electron chi connectivity index (χ4n) is 4.93. The number of aryl methyl sites for hydroxylation is 1. The van der Waals surface area contributed by atoms with Gasteiger partial charge in [0.15, 0.2) is 5.69 Å². The van der Waals surface area contributed by atoms with E-state index in [0.717, 1.165) is 6.42 Å². The van der Waals surface area contributed by atoms with Gasteiger partial charge in [-0.05, 0) is 49.7 Å². The lowest BCUT2D eigenvalue weighted by molar-refractivity contribution is -0.134. The molecule has 2 saturated heterocycles. The molecule has 0 bridgehead atoms. The first kappa shape index (κ1) is 23.9. The third kappa shape index (κ3) is 4.69. The van der Waals surface area contributed by atoms with Crippen molar-refractivity contribution in [2.45, 2.75) is 65.0 Å². The van der Waals surface area contributed by atoms with E-state index in [0.29, 0.717) is 61.8 Å². The molecule has 182 valence electrons. The average molecular weight is 468 g/mol. The molecular formula is C25H33N5O4. The number of imide groups is 1. The van der Waals surface area contributed by atoms with Crippen molar-refractivity contribution >= 4 is 17.8 Å². The Bertz CT molecular complexity index is 1030. The summed E-state index contributed by atoms with van der Waals surface area (Å²) in [5.41, 5.74) is 0.0379. The van der Waals surface area contributed by atoms with Crippen LogP contribution >= 0.6 is 0 Å². The Kier molecular flexibility index (Phi) is 7.00. The van der Waals surface area contributed by atoms with E-state index in [9.17, 15) is 14.4 Å². The fraction of sp³-hybridized carbons (Fsp3) is 0.560. The Morgan fingerprint density at radius 1 is 1.26 bits per heavy atom. The standard InChI is InChI=1S/C25H33N5O4/c1-4-20-15-21(28-34-20)22(31)29-13-9-18(10-14-29)25(11-8-17(2)3)23(32)30(24(33)27-25)16-19-7-5-6-12-26-19/h5-7,12,15,17-18H,4,8-11,13-14,16H2,1-3H3,(H,27,33). The number of rotatable bonds is 8. The van der Waals surface area contributed by atoms with E-state index in [1.165, 1.54) is 4.90 Å². The number of piperidine rings is 1. The molecule has 4 rings (SSSR count). The maximum Gasteiger partial charge on any atom is 0.325 e. The van der Waals surface area contributed by atoms with E-state index in [-0.39, 0.29) is 30.3 Å². The van der Waals surface area contributed by atoms with Crippen LogP contribution in [-0.2, 0) is 17.8 Å². The van der Waals surface area contributed by atoms with Gasteiger partial charge < -0.3 is 14.7 Å². The molecule has 2 aliphatic rings. The lowest BCUT2D eigenvalue weighted by Gasteiger charge is -2.41. The van der Waals surface area contributed by atoms with Gasteiger partial charge in [0.2, 0.25) is 0 Å². The van der Waals surface area contributed by atoms with Crippen LogP contribution in [0, 0.1) is 11.8 Å². The summed E-state index contributed by atoms with van der Waals surface area (Å²) in [5, 5.41) is 6.98. The Morgan fingerprint density at radius 3 is 2.65 bits per heavy atom. The number of amides is 4. The topological polar surface area (TPSA) is 109 Å². The maximum absolute atomic E-state index is 13.7. The van der Waals surface area contributed by atoms with E-state index < -0.39 is 5.54 Å². The minimum Gasteiger partial charge on any atom is -0.361 e. The van der Waals surface area contributed by atoms with Crippen molar-refractivity contribution in [3.63, 3.8) is 0 Å². The zero-order valence-electron chi connectivity index (χ0n) is 20.1. The van der Waals surface area contributed by atoms with E-state index in [4.69, 9.17) is 4.52 Å². The van der Waals surface area contributed by atoms with Crippen molar-refractivity contribution in [3.05, 3.63) is 47.6 Å². The Hall–Kier alpha value is -3.23. The summed E-state index contributed by atoms with van der Waals surface area (Å²) in [6.07, 6.45) is 5.00. The molecule has 0 radical (unpaired) electrons. The van der Waals surface area contributed by atoms with Crippen LogP contribution in [0.15, 0.2) is 35.0 Å². The number of carbonyl (C=O) groups is 3. The molecule has 1 unspecified atom stereocenters. The molecule has 2 aliphatic heterocycles. The lowest BCUT2D eigenvalue weighted by atomic mass is 9.73. The second kappa shape index (κ2) is 9.95. The van der Waals surface area contributed by atoms with Crippen molar-refractivity contribution < 1.29 is 18.9 Å². The smallest absolute Gasteiger partial charge is 0.325 e. The first-order valence-electron chi connectivity index (χ1n) is 12.1. The Morgan fingerprint density at radius 2 is 2.03 bits per heavy atom. The third-order valence-corrected chi connectivity index (χ3v) is 6.97. The van der Waals surface area contributed by atoms with Gasteiger partial charge in [0.25, 0.3) is 11.8 Å². The number of nitrogens with one attached hydrogen (secondary N) is 1. The van der Waals surface area contributed by atoms with Crippen LogP contribution in [0.3, 0.4) is 0 Å². The monoisotopic (exact) mass is 467 g/mol. The van der Waals surface area contributed by atoms with Crippen molar-refractivity contribution in [1.82, 2.24) is 25.3 Å². The van der Waals surface area contributed by atoms with Crippen molar-refractivity contribution in [3.8, 4) is 0 Å². The molecule has 0 aliphatic carbocycles. The summed E-state index contributed by atoms with van der Waals surface area (Å²) in [6, 6.07) is 6.78. The van der Waals surface area contributed by atoms with E-state index in [2.05, 4.69) is 29.3 Å². The summed E-state index contributed by atoms with van der Waals surface area (Å²) < 4.78 is 5.18. The molecule has 2 aromatic heterocycles. The second-order valence-corrected chi connectivity index (χ2v) is 9.64. The van der Waals surface area contributed by atoms with E-state index in [1.807, 2.05) is 19.1 Å². The Labute approximate surface area is 199 Å². The van der Waals surface area contributed by atoms with E-state index >= 15 is 0 Å².